The number of benzene rings is 2. The highest BCUT2D eigenvalue weighted by atomic mass is 79.9. The van der Waals surface area contributed by atoms with Crippen LogP contribution in [0.5, 0.6) is 0 Å². The van der Waals surface area contributed by atoms with Crippen molar-refractivity contribution in [3.05, 3.63) is 69.2 Å². The van der Waals surface area contributed by atoms with Gasteiger partial charge in [0.15, 0.2) is 5.78 Å². The summed E-state index contributed by atoms with van der Waals surface area (Å²) in [5.74, 6) is -1.01. The number of halogens is 7. The summed E-state index contributed by atoms with van der Waals surface area (Å²) in [4.78, 5) is 12.2. The Morgan fingerprint density at radius 1 is 0.870 bits per heavy atom. The lowest BCUT2D eigenvalue weighted by Crippen LogP contribution is -2.16. The minimum Gasteiger partial charge on any atom is -0.289 e. The third kappa shape index (κ3) is 3.93. The molecule has 23 heavy (non-hydrogen) atoms. The van der Waals surface area contributed by atoms with Crippen molar-refractivity contribution in [3.63, 3.8) is 0 Å². The van der Waals surface area contributed by atoms with Crippen LogP contribution in [0.3, 0.4) is 0 Å². The SMILES string of the molecule is O=C(c1cccc(Br)c1)c1ccc(C(F)(F)F)cc1C(F)(F)F. The van der Waals surface area contributed by atoms with Crippen LogP contribution in [0.4, 0.5) is 26.3 Å². The number of carbonyl (C=O) groups is 1. The summed E-state index contributed by atoms with van der Waals surface area (Å²) in [5.41, 5.74) is -3.97. The first-order chi connectivity index (χ1) is 10.5. The second kappa shape index (κ2) is 5.99. The predicted octanol–water partition coefficient (Wildman–Crippen LogP) is 5.72. The predicted molar refractivity (Wildman–Crippen MR) is 74.0 cm³/mol. The van der Waals surface area contributed by atoms with Crippen LogP contribution in [-0.2, 0) is 12.4 Å². The molecule has 0 fully saturated rings. The minimum atomic E-state index is -5.09. The van der Waals surface area contributed by atoms with Crippen molar-refractivity contribution in [1.82, 2.24) is 0 Å². The first kappa shape index (κ1) is 17.5. The molecule has 2 rings (SSSR count). The van der Waals surface area contributed by atoms with E-state index in [0.29, 0.717) is 16.6 Å². The van der Waals surface area contributed by atoms with Crippen molar-refractivity contribution < 1.29 is 31.1 Å². The van der Waals surface area contributed by atoms with Crippen molar-refractivity contribution in [1.29, 1.82) is 0 Å². The van der Waals surface area contributed by atoms with E-state index >= 15 is 0 Å². The lowest BCUT2D eigenvalue weighted by Gasteiger charge is -2.15. The normalized spacial score (nSPS) is 12.3. The van der Waals surface area contributed by atoms with Crippen LogP contribution in [0.1, 0.15) is 27.0 Å². The zero-order valence-corrected chi connectivity index (χ0v) is 12.7. The molecule has 0 aliphatic rings. The van der Waals surface area contributed by atoms with Crippen LogP contribution >= 0.6 is 15.9 Å². The molecular weight excluding hydrogens is 390 g/mol. The molecule has 0 heterocycles. The Hall–Kier alpha value is -1.83. The van der Waals surface area contributed by atoms with Gasteiger partial charge in [0, 0.05) is 15.6 Å². The fraction of sp³-hybridized carbons (Fsp3) is 0.133. The van der Waals surface area contributed by atoms with Crippen LogP contribution in [-0.4, -0.2) is 5.78 Å². The minimum absolute atomic E-state index is 0.0504. The van der Waals surface area contributed by atoms with Gasteiger partial charge in [0.2, 0.25) is 0 Å². The lowest BCUT2D eigenvalue weighted by atomic mass is 9.96. The molecule has 0 unspecified atom stereocenters. The summed E-state index contributed by atoms with van der Waals surface area (Å²) in [6.45, 7) is 0. The Kier molecular flexibility index (Phi) is 4.57. The molecule has 0 aliphatic carbocycles. The van der Waals surface area contributed by atoms with E-state index in [0.717, 1.165) is 0 Å². The van der Waals surface area contributed by atoms with E-state index in [9.17, 15) is 31.1 Å². The molecule has 122 valence electrons. The summed E-state index contributed by atoms with van der Waals surface area (Å²) >= 11 is 3.08. The second-order valence-electron chi connectivity index (χ2n) is 4.60. The standard InChI is InChI=1S/C15H7BrF6O/c16-10-3-1-2-8(6-10)13(23)11-5-4-9(14(17,18)19)7-12(11)15(20,21)22/h1-7H. The van der Waals surface area contributed by atoms with Gasteiger partial charge in [-0.1, -0.05) is 28.1 Å². The molecule has 2 aromatic rings. The average molecular weight is 397 g/mol. The largest absolute Gasteiger partial charge is 0.417 e. The quantitative estimate of drug-likeness (QED) is 0.468. The maximum Gasteiger partial charge on any atom is 0.417 e. The molecule has 0 spiro atoms. The topological polar surface area (TPSA) is 17.1 Å². The molecular formula is C15H7BrF6O. The van der Waals surface area contributed by atoms with Gasteiger partial charge in [-0.3, -0.25) is 4.79 Å². The van der Waals surface area contributed by atoms with Crippen LogP contribution in [0, 0.1) is 0 Å². The number of rotatable bonds is 2. The molecule has 0 atom stereocenters. The van der Waals surface area contributed by atoms with Crippen molar-refractivity contribution in [3.8, 4) is 0 Å². The van der Waals surface area contributed by atoms with E-state index in [-0.39, 0.29) is 11.6 Å². The van der Waals surface area contributed by atoms with Gasteiger partial charge < -0.3 is 0 Å². The molecule has 0 amide bonds. The van der Waals surface area contributed by atoms with Crippen molar-refractivity contribution >= 4 is 21.7 Å². The Morgan fingerprint density at radius 3 is 2.04 bits per heavy atom. The zero-order valence-electron chi connectivity index (χ0n) is 11.1. The number of hydrogen-bond donors (Lipinski definition) is 0. The molecule has 0 bridgehead atoms. The third-order valence-corrected chi connectivity index (χ3v) is 3.48. The molecule has 2 aromatic carbocycles. The van der Waals surface area contributed by atoms with E-state index in [4.69, 9.17) is 0 Å². The van der Waals surface area contributed by atoms with Gasteiger partial charge in [0.25, 0.3) is 0 Å². The molecule has 0 radical (unpaired) electrons. The maximum atomic E-state index is 13.0. The Bertz CT molecular complexity index is 748. The number of hydrogen-bond acceptors (Lipinski definition) is 1. The highest BCUT2D eigenvalue weighted by molar-refractivity contribution is 9.10. The summed E-state index contributed by atoms with van der Waals surface area (Å²) < 4.78 is 77.4. The van der Waals surface area contributed by atoms with E-state index < -0.39 is 34.8 Å². The smallest absolute Gasteiger partial charge is 0.289 e. The third-order valence-electron chi connectivity index (χ3n) is 2.98. The van der Waals surface area contributed by atoms with Crippen molar-refractivity contribution in [2.45, 2.75) is 12.4 Å². The van der Waals surface area contributed by atoms with Crippen LogP contribution in [0.25, 0.3) is 0 Å². The summed E-state index contributed by atoms with van der Waals surface area (Å²) in [5, 5.41) is 0. The monoisotopic (exact) mass is 396 g/mol. The van der Waals surface area contributed by atoms with Crippen molar-refractivity contribution in [2.24, 2.45) is 0 Å². The molecule has 8 heteroatoms. The van der Waals surface area contributed by atoms with Crippen LogP contribution in [0.2, 0.25) is 0 Å². The number of carbonyl (C=O) groups excluding carboxylic acids is 1. The van der Waals surface area contributed by atoms with Gasteiger partial charge in [-0.2, -0.15) is 26.3 Å². The highest BCUT2D eigenvalue weighted by Crippen LogP contribution is 2.38. The van der Waals surface area contributed by atoms with E-state index in [2.05, 4.69) is 15.9 Å². The van der Waals surface area contributed by atoms with Gasteiger partial charge in [-0.05, 0) is 30.3 Å². The first-order valence-corrected chi connectivity index (χ1v) is 6.88. The molecule has 0 saturated carbocycles. The van der Waals surface area contributed by atoms with E-state index in [1.54, 1.807) is 6.07 Å². The maximum absolute atomic E-state index is 13.0. The highest BCUT2D eigenvalue weighted by Gasteiger charge is 2.39. The van der Waals surface area contributed by atoms with Gasteiger partial charge >= 0.3 is 12.4 Å². The summed E-state index contributed by atoms with van der Waals surface area (Å²) in [6, 6.07) is 6.54. The number of ketones is 1. The Morgan fingerprint density at radius 2 is 1.52 bits per heavy atom. The van der Waals surface area contributed by atoms with E-state index in [1.165, 1.54) is 18.2 Å². The molecule has 0 aliphatic heterocycles. The lowest BCUT2D eigenvalue weighted by molar-refractivity contribution is -0.143. The molecule has 1 nitrogen and oxygen atoms in total. The Balaban J connectivity index is 2.60. The average Bonchev–Trinajstić information content (AvgIpc) is 2.44. The van der Waals surface area contributed by atoms with Crippen molar-refractivity contribution in [2.75, 3.05) is 0 Å². The van der Waals surface area contributed by atoms with Gasteiger partial charge in [0.05, 0.1) is 11.1 Å². The van der Waals surface area contributed by atoms with Gasteiger partial charge in [-0.25, -0.2) is 0 Å². The molecule has 0 saturated heterocycles. The first-order valence-electron chi connectivity index (χ1n) is 6.09. The second-order valence-corrected chi connectivity index (χ2v) is 5.51. The molecule has 0 aromatic heterocycles. The Labute approximate surface area is 135 Å². The van der Waals surface area contributed by atoms with Crippen LogP contribution in [0.15, 0.2) is 46.9 Å². The van der Waals surface area contributed by atoms with Gasteiger partial charge in [0.1, 0.15) is 0 Å². The number of alkyl halides is 6. The zero-order chi connectivity index (χ0) is 17.4. The summed E-state index contributed by atoms with van der Waals surface area (Å²) in [7, 11) is 0. The van der Waals surface area contributed by atoms with Crippen LogP contribution < -0.4 is 0 Å². The van der Waals surface area contributed by atoms with Gasteiger partial charge in [-0.15, -0.1) is 0 Å². The molecule has 0 N–H and O–H groups in total. The fourth-order valence-corrected chi connectivity index (χ4v) is 2.34. The summed E-state index contributed by atoms with van der Waals surface area (Å²) in [6.07, 6.45) is -10.0. The fourth-order valence-electron chi connectivity index (χ4n) is 1.94. The van der Waals surface area contributed by atoms with E-state index in [1.807, 2.05) is 0 Å².